The number of aryl methyl sites for hydroxylation is 1. The maximum absolute atomic E-state index is 12.3. The highest BCUT2D eigenvalue weighted by atomic mass is 32.2. The molecule has 0 saturated carbocycles. The number of nitrogens with zero attached hydrogens (tertiary/aromatic N) is 2. The van der Waals surface area contributed by atoms with Gasteiger partial charge < -0.3 is 5.11 Å². The third-order valence-electron chi connectivity index (χ3n) is 1.95. The topological polar surface area (TPSA) is 87.6 Å². The van der Waals surface area contributed by atoms with Gasteiger partial charge in [0.1, 0.15) is 10.6 Å². The first-order valence-electron chi connectivity index (χ1n) is 4.15. The van der Waals surface area contributed by atoms with Crippen LogP contribution in [-0.4, -0.2) is 36.7 Å². The molecule has 0 atom stereocenters. The number of rotatable bonds is 4. The molecule has 10 heteroatoms. The number of hydrogen-bond acceptors (Lipinski definition) is 5. The molecule has 1 N–H and O–H groups in total. The minimum atomic E-state index is -4.87. The van der Waals surface area contributed by atoms with Gasteiger partial charge in [0.15, 0.2) is 0 Å². The zero-order valence-electron chi connectivity index (χ0n) is 8.72. The third-order valence-corrected chi connectivity index (χ3v) is 4.48. The van der Waals surface area contributed by atoms with Gasteiger partial charge in [0, 0.05) is 7.05 Å². The Kier molecular flexibility index (Phi) is 3.67. The molecule has 1 rings (SSSR count). The Bertz CT molecular complexity index is 540. The summed E-state index contributed by atoms with van der Waals surface area (Å²) in [7, 11) is -4.00. The Morgan fingerprint density at radius 3 is 2.47 bits per heavy atom. The number of aromatic nitrogens is 1. The fraction of sp³-hybridized carbons (Fsp3) is 0.429. The van der Waals surface area contributed by atoms with Gasteiger partial charge in [-0.3, -0.25) is 4.31 Å². The van der Waals surface area contributed by atoms with Crippen molar-refractivity contribution in [2.75, 3.05) is 11.4 Å². The van der Waals surface area contributed by atoms with Crippen LogP contribution < -0.4 is 4.31 Å². The molecular formula is C7H8F2N2O4S2. The lowest BCUT2D eigenvalue weighted by molar-refractivity contribution is 0.0697. The van der Waals surface area contributed by atoms with Gasteiger partial charge in [-0.15, -0.1) is 0 Å². The number of sulfonamides is 1. The second-order valence-corrected chi connectivity index (χ2v) is 5.71. The van der Waals surface area contributed by atoms with E-state index in [9.17, 15) is 22.0 Å². The summed E-state index contributed by atoms with van der Waals surface area (Å²) in [6.07, 6.45) is 0. The van der Waals surface area contributed by atoms with Crippen molar-refractivity contribution in [1.29, 1.82) is 0 Å². The number of halogens is 2. The number of carboxylic acid groups (broad SMARTS) is 1. The number of carboxylic acids is 1. The molecule has 96 valence electrons. The zero-order chi connectivity index (χ0) is 13.4. The number of anilines is 1. The minimum Gasteiger partial charge on any atom is -0.478 e. The highest BCUT2D eigenvalue weighted by Gasteiger charge is 2.33. The number of alkyl halides is 2. The first kappa shape index (κ1) is 13.8. The fourth-order valence-electron chi connectivity index (χ4n) is 1.05. The molecule has 0 bridgehead atoms. The van der Waals surface area contributed by atoms with E-state index in [1.807, 2.05) is 0 Å². The molecule has 1 aromatic rings. The molecule has 0 aromatic carbocycles. The molecule has 0 fully saturated rings. The highest BCUT2D eigenvalue weighted by Crippen LogP contribution is 2.30. The van der Waals surface area contributed by atoms with Crippen molar-refractivity contribution in [3.8, 4) is 0 Å². The summed E-state index contributed by atoms with van der Waals surface area (Å²) in [4.78, 5) is 10.9. The smallest absolute Gasteiger partial charge is 0.355 e. The van der Waals surface area contributed by atoms with Gasteiger partial charge in [-0.05, 0) is 18.5 Å². The van der Waals surface area contributed by atoms with Crippen LogP contribution in [0, 0.1) is 6.92 Å². The lowest BCUT2D eigenvalue weighted by Gasteiger charge is -2.16. The van der Waals surface area contributed by atoms with Crippen molar-refractivity contribution in [3.63, 3.8) is 0 Å². The standard InChI is InChI=1S/C7H8F2N2O4S2/c1-3-4(6(12)13)5(16-10-3)11(2)17(14,15)7(8)9/h7H,1-2H3,(H,12,13). The number of hydrogen-bond donors (Lipinski definition) is 1. The Morgan fingerprint density at radius 1 is 1.53 bits per heavy atom. The second kappa shape index (κ2) is 4.53. The van der Waals surface area contributed by atoms with E-state index in [1.165, 1.54) is 6.92 Å². The molecule has 0 aliphatic heterocycles. The summed E-state index contributed by atoms with van der Waals surface area (Å²) < 4.78 is 50.8. The fourth-order valence-corrected chi connectivity index (χ4v) is 2.78. The van der Waals surface area contributed by atoms with Gasteiger partial charge in [-0.25, -0.2) is 13.2 Å². The summed E-state index contributed by atoms with van der Waals surface area (Å²) in [6, 6.07) is 0. The van der Waals surface area contributed by atoms with Gasteiger partial charge >= 0.3 is 11.7 Å². The van der Waals surface area contributed by atoms with Crippen molar-refractivity contribution in [2.24, 2.45) is 0 Å². The van der Waals surface area contributed by atoms with Crippen molar-refractivity contribution in [3.05, 3.63) is 11.3 Å². The average molecular weight is 286 g/mol. The van der Waals surface area contributed by atoms with Crippen LogP contribution in [-0.2, 0) is 10.0 Å². The van der Waals surface area contributed by atoms with Crippen molar-refractivity contribution in [2.45, 2.75) is 12.7 Å². The monoisotopic (exact) mass is 286 g/mol. The van der Waals surface area contributed by atoms with E-state index in [0.717, 1.165) is 7.05 Å². The van der Waals surface area contributed by atoms with E-state index in [4.69, 9.17) is 5.11 Å². The van der Waals surface area contributed by atoms with Crippen LogP contribution in [0.2, 0.25) is 0 Å². The molecule has 0 unspecified atom stereocenters. The second-order valence-electron chi connectivity index (χ2n) is 3.03. The van der Waals surface area contributed by atoms with E-state index >= 15 is 0 Å². The zero-order valence-corrected chi connectivity index (χ0v) is 10.3. The molecule has 1 heterocycles. The predicted molar refractivity (Wildman–Crippen MR) is 57.1 cm³/mol. The van der Waals surface area contributed by atoms with Gasteiger partial charge in [0.2, 0.25) is 0 Å². The molecule has 6 nitrogen and oxygen atoms in total. The first-order valence-corrected chi connectivity index (χ1v) is 6.42. The van der Waals surface area contributed by atoms with Crippen LogP contribution in [0.5, 0.6) is 0 Å². The molecule has 17 heavy (non-hydrogen) atoms. The molecule has 0 radical (unpaired) electrons. The van der Waals surface area contributed by atoms with Crippen LogP contribution in [0.15, 0.2) is 0 Å². The number of carbonyl (C=O) groups is 1. The highest BCUT2D eigenvalue weighted by molar-refractivity contribution is 7.93. The lowest BCUT2D eigenvalue weighted by atomic mass is 10.2. The quantitative estimate of drug-likeness (QED) is 0.896. The maximum atomic E-state index is 12.3. The number of aromatic carboxylic acids is 1. The maximum Gasteiger partial charge on any atom is 0.355 e. The molecule has 1 aromatic heterocycles. The Balaban J connectivity index is 3.32. The van der Waals surface area contributed by atoms with Gasteiger partial charge in [0.25, 0.3) is 10.0 Å². The summed E-state index contributed by atoms with van der Waals surface area (Å²) in [5, 5.41) is 8.51. The third kappa shape index (κ3) is 2.36. The Labute approximate surface area is 99.7 Å². The predicted octanol–water partition coefficient (Wildman–Crippen LogP) is 1.14. The summed E-state index contributed by atoms with van der Waals surface area (Å²) in [6.45, 7) is 1.35. The molecular weight excluding hydrogens is 278 g/mol. The van der Waals surface area contributed by atoms with E-state index < -0.39 is 21.8 Å². The molecule has 0 spiro atoms. The summed E-state index contributed by atoms with van der Waals surface area (Å²) in [5.74, 6) is -5.03. The van der Waals surface area contributed by atoms with Crippen LogP contribution in [0.1, 0.15) is 16.1 Å². The van der Waals surface area contributed by atoms with Crippen molar-refractivity contribution < 1.29 is 27.1 Å². The Hall–Kier alpha value is -1.29. The average Bonchev–Trinajstić information content (AvgIpc) is 2.58. The molecule has 0 amide bonds. The van der Waals surface area contributed by atoms with Crippen LogP contribution in [0.3, 0.4) is 0 Å². The molecule has 0 aliphatic carbocycles. The normalized spacial score (nSPS) is 11.8. The summed E-state index contributed by atoms with van der Waals surface area (Å²) in [5.41, 5.74) is -0.310. The molecule has 0 aliphatic rings. The van der Waals surface area contributed by atoms with Gasteiger partial charge in [0.05, 0.1) is 5.69 Å². The van der Waals surface area contributed by atoms with E-state index in [1.54, 1.807) is 0 Å². The summed E-state index contributed by atoms with van der Waals surface area (Å²) >= 11 is 0.539. The van der Waals surface area contributed by atoms with Gasteiger partial charge in [-0.2, -0.15) is 13.2 Å². The SMILES string of the molecule is Cc1nsc(N(C)S(=O)(=O)C(F)F)c1C(=O)O. The van der Waals surface area contributed by atoms with Gasteiger partial charge in [-0.1, -0.05) is 0 Å². The van der Waals surface area contributed by atoms with Crippen molar-refractivity contribution >= 4 is 32.5 Å². The minimum absolute atomic E-state index is 0.0776. The van der Waals surface area contributed by atoms with E-state index in [2.05, 4.69) is 4.37 Å². The van der Waals surface area contributed by atoms with Crippen LogP contribution in [0.25, 0.3) is 0 Å². The molecule has 0 saturated heterocycles. The van der Waals surface area contributed by atoms with Crippen LogP contribution >= 0.6 is 11.5 Å². The first-order chi connectivity index (χ1) is 7.69. The largest absolute Gasteiger partial charge is 0.478 e. The van der Waals surface area contributed by atoms with Crippen LogP contribution in [0.4, 0.5) is 13.8 Å². The van der Waals surface area contributed by atoms with E-state index in [0.29, 0.717) is 11.5 Å². The Morgan fingerprint density at radius 2 is 2.06 bits per heavy atom. The van der Waals surface area contributed by atoms with E-state index in [-0.39, 0.29) is 20.6 Å². The van der Waals surface area contributed by atoms with Crippen molar-refractivity contribution in [1.82, 2.24) is 4.37 Å². The lowest BCUT2D eigenvalue weighted by Crippen LogP contribution is -2.32.